The molecule has 0 aliphatic rings. The van der Waals surface area contributed by atoms with Gasteiger partial charge in [0.1, 0.15) is 0 Å². The molecule has 1 rings (SSSR count). The van der Waals surface area contributed by atoms with Gasteiger partial charge in [-0.3, -0.25) is 4.79 Å². The molecule has 1 atom stereocenters. The number of hydrogen-bond acceptors (Lipinski definition) is 3. The number of anilines is 1. The zero-order valence-corrected chi connectivity index (χ0v) is 12.4. The highest BCUT2D eigenvalue weighted by molar-refractivity contribution is 5.90. The third-order valence-electron chi connectivity index (χ3n) is 3.21. The monoisotopic (exact) mass is 289 g/mol. The highest BCUT2D eigenvalue weighted by atomic mass is 16.4. The predicted molar refractivity (Wildman–Crippen MR) is 79.0 cm³/mol. The standard InChI is InChI=1S/C15H19N3O3/c1-4-18(11(3)7-14(19)20)15(21)17-13-8-12(9-16)6-5-10(13)2/h5-6,8,11H,4,7H2,1-3H3,(H,17,21)(H,19,20). The van der Waals surface area contributed by atoms with Crippen LogP contribution < -0.4 is 5.32 Å². The summed E-state index contributed by atoms with van der Waals surface area (Å²) in [5.74, 6) is -0.948. The number of hydrogen-bond donors (Lipinski definition) is 2. The van der Waals surface area contributed by atoms with E-state index in [4.69, 9.17) is 10.4 Å². The maximum atomic E-state index is 12.3. The van der Waals surface area contributed by atoms with Gasteiger partial charge in [-0.2, -0.15) is 5.26 Å². The molecule has 1 aromatic carbocycles. The topological polar surface area (TPSA) is 93.4 Å². The van der Waals surface area contributed by atoms with Crippen LogP contribution in [0, 0.1) is 18.3 Å². The maximum absolute atomic E-state index is 12.3. The number of carboxylic acids is 1. The molecule has 0 radical (unpaired) electrons. The number of rotatable bonds is 5. The Morgan fingerprint density at radius 2 is 2.14 bits per heavy atom. The van der Waals surface area contributed by atoms with E-state index in [9.17, 15) is 9.59 Å². The molecule has 0 aliphatic carbocycles. The van der Waals surface area contributed by atoms with E-state index in [0.717, 1.165) is 5.56 Å². The highest BCUT2D eigenvalue weighted by Gasteiger charge is 2.21. The van der Waals surface area contributed by atoms with Crippen molar-refractivity contribution in [2.45, 2.75) is 33.2 Å². The Morgan fingerprint density at radius 1 is 1.48 bits per heavy atom. The molecule has 0 heterocycles. The number of carbonyl (C=O) groups is 2. The summed E-state index contributed by atoms with van der Waals surface area (Å²) < 4.78 is 0. The molecule has 2 amide bonds. The fraction of sp³-hybridized carbons (Fsp3) is 0.400. The van der Waals surface area contributed by atoms with Crippen LogP contribution in [0.5, 0.6) is 0 Å². The Kier molecular flexibility index (Phi) is 5.73. The normalized spacial score (nSPS) is 11.3. The molecule has 0 fully saturated rings. The number of carboxylic acid groups (broad SMARTS) is 1. The number of amides is 2. The van der Waals surface area contributed by atoms with Gasteiger partial charge in [0.2, 0.25) is 0 Å². The fourth-order valence-electron chi connectivity index (χ4n) is 2.03. The SMILES string of the molecule is CCN(C(=O)Nc1cc(C#N)ccc1C)C(C)CC(=O)O. The van der Waals surface area contributed by atoms with Gasteiger partial charge in [-0.25, -0.2) is 4.79 Å². The number of aryl methyl sites for hydroxylation is 1. The van der Waals surface area contributed by atoms with E-state index >= 15 is 0 Å². The van der Waals surface area contributed by atoms with Crippen LogP contribution in [0.25, 0.3) is 0 Å². The summed E-state index contributed by atoms with van der Waals surface area (Å²) in [6.07, 6.45) is -0.113. The van der Waals surface area contributed by atoms with Crippen molar-refractivity contribution in [1.29, 1.82) is 5.26 Å². The number of nitrogens with one attached hydrogen (secondary N) is 1. The summed E-state index contributed by atoms with van der Waals surface area (Å²) in [5.41, 5.74) is 1.85. The van der Waals surface area contributed by atoms with E-state index in [1.54, 1.807) is 32.0 Å². The van der Waals surface area contributed by atoms with Crippen molar-refractivity contribution in [2.75, 3.05) is 11.9 Å². The first-order chi connectivity index (χ1) is 9.88. The molecule has 0 saturated carbocycles. The minimum atomic E-state index is -0.948. The summed E-state index contributed by atoms with van der Waals surface area (Å²) >= 11 is 0. The quantitative estimate of drug-likeness (QED) is 0.871. The lowest BCUT2D eigenvalue weighted by Crippen LogP contribution is -2.42. The maximum Gasteiger partial charge on any atom is 0.322 e. The highest BCUT2D eigenvalue weighted by Crippen LogP contribution is 2.18. The second-order valence-electron chi connectivity index (χ2n) is 4.80. The minimum absolute atomic E-state index is 0.113. The first-order valence-corrected chi connectivity index (χ1v) is 6.69. The molecule has 21 heavy (non-hydrogen) atoms. The molecule has 6 nitrogen and oxygen atoms in total. The number of nitrogens with zero attached hydrogens (tertiary/aromatic N) is 2. The molecule has 0 saturated heterocycles. The number of carbonyl (C=O) groups excluding carboxylic acids is 1. The summed E-state index contributed by atoms with van der Waals surface area (Å²) in [7, 11) is 0. The summed E-state index contributed by atoms with van der Waals surface area (Å²) in [5, 5.41) is 20.4. The van der Waals surface area contributed by atoms with Gasteiger partial charge in [0, 0.05) is 18.3 Å². The lowest BCUT2D eigenvalue weighted by Gasteiger charge is -2.27. The van der Waals surface area contributed by atoms with Gasteiger partial charge < -0.3 is 15.3 Å². The van der Waals surface area contributed by atoms with Crippen LogP contribution in [0.3, 0.4) is 0 Å². The Bertz CT molecular complexity index is 578. The van der Waals surface area contributed by atoms with Crippen LogP contribution in [-0.2, 0) is 4.79 Å². The molecule has 0 aromatic heterocycles. The molecule has 1 aromatic rings. The Balaban J connectivity index is 2.88. The van der Waals surface area contributed by atoms with E-state index in [0.29, 0.717) is 17.8 Å². The number of urea groups is 1. The van der Waals surface area contributed by atoms with Gasteiger partial charge >= 0.3 is 12.0 Å². The van der Waals surface area contributed by atoms with Crippen LogP contribution in [0.15, 0.2) is 18.2 Å². The third-order valence-corrected chi connectivity index (χ3v) is 3.21. The predicted octanol–water partition coefficient (Wildman–Crippen LogP) is 2.58. The van der Waals surface area contributed by atoms with E-state index in [-0.39, 0.29) is 12.5 Å². The molecule has 0 spiro atoms. The van der Waals surface area contributed by atoms with Gasteiger partial charge in [-0.1, -0.05) is 6.07 Å². The Morgan fingerprint density at radius 3 is 2.67 bits per heavy atom. The van der Waals surface area contributed by atoms with Gasteiger partial charge in [-0.05, 0) is 38.5 Å². The molecule has 6 heteroatoms. The van der Waals surface area contributed by atoms with Crippen LogP contribution >= 0.6 is 0 Å². The van der Waals surface area contributed by atoms with Crippen LogP contribution in [0.1, 0.15) is 31.4 Å². The summed E-state index contributed by atoms with van der Waals surface area (Å²) in [6.45, 7) is 5.71. The van der Waals surface area contributed by atoms with Crippen molar-refractivity contribution in [2.24, 2.45) is 0 Å². The van der Waals surface area contributed by atoms with Crippen molar-refractivity contribution >= 4 is 17.7 Å². The zero-order chi connectivity index (χ0) is 16.0. The third kappa shape index (κ3) is 4.49. The molecular weight excluding hydrogens is 270 g/mol. The minimum Gasteiger partial charge on any atom is -0.481 e. The van der Waals surface area contributed by atoms with Crippen molar-refractivity contribution in [3.8, 4) is 6.07 Å². The second-order valence-corrected chi connectivity index (χ2v) is 4.80. The van der Waals surface area contributed by atoms with Gasteiger partial charge in [-0.15, -0.1) is 0 Å². The van der Waals surface area contributed by atoms with E-state index in [2.05, 4.69) is 5.32 Å². The molecule has 2 N–H and O–H groups in total. The van der Waals surface area contributed by atoms with Gasteiger partial charge in [0.15, 0.2) is 0 Å². The van der Waals surface area contributed by atoms with Crippen LogP contribution in [0.4, 0.5) is 10.5 Å². The first-order valence-electron chi connectivity index (χ1n) is 6.69. The number of aliphatic carboxylic acids is 1. The van der Waals surface area contributed by atoms with E-state index in [1.807, 2.05) is 13.0 Å². The molecular formula is C15H19N3O3. The van der Waals surface area contributed by atoms with Crippen molar-refractivity contribution in [3.05, 3.63) is 29.3 Å². The van der Waals surface area contributed by atoms with Crippen LogP contribution in [-0.4, -0.2) is 34.6 Å². The fourth-order valence-corrected chi connectivity index (χ4v) is 2.03. The molecule has 112 valence electrons. The zero-order valence-electron chi connectivity index (χ0n) is 12.4. The first kappa shape index (κ1) is 16.5. The second kappa shape index (κ2) is 7.29. The smallest absolute Gasteiger partial charge is 0.322 e. The average Bonchev–Trinajstić information content (AvgIpc) is 2.41. The van der Waals surface area contributed by atoms with Gasteiger partial charge in [0.05, 0.1) is 18.1 Å². The summed E-state index contributed by atoms with van der Waals surface area (Å²) in [6, 6.07) is 6.27. The lowest BCUT2D eigenvalue weighted by molar-refractivity contribution is -0.137. The average molecular weight is 289 g/mol. The Hall–Kier alpha value is -2.55. The van der Waals surface area contributed by atoms with Crippen LogP contribution in [0.2, 0.25) is 0 Å². The Labute approximate surface area is 124 Å². The van der Waals surface area contributed by atoms with Crippen molar-refractivity contribution < 1.29 is 14.7 Å². The lowest BCUT2D eigenvalue weighted by atomic mass is 10.1. The number of benzene rings is 1. The molecule has 0 bridgehead atoms. The van der Waals surface area contributed by atoms with E-state index in [1.165, 1.54) is 4.90 Å². The molecule has 0 aliphatic heterocycles. The largest absolute Gasteiger partial charge is 0.481 e. The summed E-state index contributed by atoms with van der Waals surface area (Å²) in [4.78, 5) is 24.5. The van der Waals surface area contributed by atoms with Crippen molar-refractivity contribution in [1.82, 2.24) is 4.90 Å². The van der Waals surface area contributed by atoms with E-state index < -0.39 is 12.0 Å². The number of nitriles is 1. The van der Waals surface area contributed by atoms with Crippen molar-refractivity contribution in [3.63, 3.8) is 0 Å². The van der Waals surface area contributed by atoms with Gasteiger partial charge in [0.25, 0.3) is 0 Å². The molecule has 1 unspecified atom stereocenters.